The Hall–Kier alpha value is -3.90. The number of hydrogen-bond donors (Lipinski definition) is 1. The Morgan fingerprint density at radius 3 is 2.44 bits per heavy atom. The van der Waals surface area contributed by atoms with Gasteiger partial charge in [-0.1, -0.05) is 41.9 Å². The Morgan fingerprint density at radius 2 is 1.72 bits per heavy atom. The number of rotatable bonds is 6. The summed E-state index contributed by atoms with van der Waals surface area (Å²) in [6.45, 7) is 5.41. The zero-order valence-corrected chi connectivity index (χ0v) is 23.0. The average molecular weight is 543 g/mol. The van der Waals surface area contributed by atoms with Gasteiger partial charge in [-0.25, -0.2) is 0 Å². The van der Waals surface area contributed by atoms with Crippen molar-refractivity contribution in [2.75, 3.05) is 4.90 Å². The van der Waals surface area contributed by atoms with Gasteiger partial charge in [0.2, 0.25) is 5.91 Å². The maximum atomic E-state index is 13.8. The topological polar surface area (TPSA) is 79.6 Å². The molecule has 0 bridgehead atoms. The van der Waals surface area contributed by atoms with E-state index in [0.29, 0.717) is 29.8 Å². The standard InChI is InChI=1S/C32H31ClN2O4/c1-20-18-26(30(37)34-17-15-23-19-24(33)12-13-27(23)34)25-6-4-5-7-28(25)35(20)29(36)22-10-8-21(9-11-22)14-16-32(2,3)31(38)39/h4-13,15,17,19-20,26H,14,16,18H2,1-3H3,(H,38,39)/t20-,26-/m0/s1. The lowest BCUT2D eigenvalue weighted by atomic mass is 9.84. The van der Waals surface area contributed by atoms with Crippen molar-refractivity contribution in [1.82, 2.24) is 4.57 Å². The lowest BCUT2D eigenvalue weighted by Crippen LogP contribution is -2.45. The van der Waals surface area contributed by atoms with Crippen molar-refractivity contribution in [3.63, 3.8) is 0 Å². The molecule has 0 unspecified atom stereocenters. The molecule has 0 fully saturated rings. The third kappa shape index (κ3) is 5.09. The van der Waals surface area contributed by atoms with Gasteiger partial charge in [-0.3, -0.25) is 19.0 Å². The normalized spacial score (nSPS) is 17.2. The Bertz CT molecular complexity index is 1570. The number of para-hydroxylation sites is 1. The molecule has 1 aromatic heterocycles. The minimum atomic E-state index is -0.821. The Labute approximate surface area is 232 Å². The molecule has 7 heteroatoms. The van der Waals surface area contributed by atoms with E-state index in [1.165, 1.54) is 0 Å². The molecule has 1 N–H and O–H groups in total. The fourth-order valence-electron chi connectivity index (χ4n) is 5.35. The summed E-state index contributed by atoms with van der Waals surface area (Å²) < 4.78 is 1.68. The number of carboxylic acid groups (broad SMARTS) is 1. The van der Waals surface area contributed by atoms with Gasteiger partial charge in [0, 0.05) is 33.9 Å². The summed E-state index contributed by atoms with van der Waals surface area (Å²) in [6, 6.07) is 22.2. The maximum absolute atomic E-state index is 13.8. The second-order valence-corrected chi connectivity index (χ2v) is 11.4. The van der Waals surface area contributed by atoms with Crippen molar-refractivity contribution < 1.29 is 19.5 Å². The molecule has 0 saturated carbocycles. The lowest BCUT2D eigenvalue weighted by molar-refractivity contribution is -0.147. The number of aliphatic carboxylic acids is 1. The van der Waals surface area contributed by atoms with Crippen LogP contribution in [-0.2, 0) is 11.2 Å². The monoisotopic (exact) mass is 542 g/mol. The highest BCUT2D eigenvalue weighted by Crippen LogP contribution is 2.40. The van der Waals surface area contributed by atoms with Crippen molar-refractivity contribution in [1.29, 1.82) is 0 Å². The van der Waals surface area contributed by atoms with Crippen LogP contribution in [0.25, 0.3) is 10.9 Å². The number of hydrogen-bond acceptors (Lipinski definition) is 3. The predicted octanol–water partition coefficient (Wildman–Crippen LogP) is 7.20. The van der Waals surface area contributed by atoms with E-state index in [-0.39, 0.29) is 17.9 Å². The van der Waals surface area contributed by atoms with Crippen LogP contribution in [0.4, 0.5) is 5.69 Å². The van der Waals surface area contributed by atoms with Gasteiger partial charge >= 0.3 is 5.97 Å². The molecule has 6 nitrogen and oxygen atoms in total. The molecular formula is C32H31ClN2O4. The summed E-state index contributed by atoms with van der Waals surface area (Å²) in [7, 11) is 0. The Morgan fingerprint density at radius 1 is 1.00 bits per heavy atom. The third-order valence-electron chi connectivity index (χ3n) is 7.81. The number of carboxylic acids is 1. The van der Waals surface area contributed by atoms with Crippen molar-refractivity contribution in [3.8, 4) is 0 Å². The van der Waals surface area contributed by atoms with Crippen LogP contribution in [0.1, 0.15) is 65.8 Å². The van der Waals surface area contributed by atoms with E-state index < -0.39 is 17.3 Å². The van der Waals surface area contributed by atoms with Gasteiger partial charge in [0.25, 0.3) is 5.91 Å². The van der Waals surface area contributed by atoms with Crippen LogP contribution < -0.4 is 4.90 Å². The van der Waals surface area contributed by atoms with E-state index in [9.17, 15) is 19.5 Å². The number of halogens is 1. The first-order valence-electron chi connectivity index (χ1n) is 13.1. The molecule has 3 aromatic carbocycles. The summed E-state index contributed by atoms with van der Waals surface area (Å²) in [5.74, 6) is -1.38. The number of carbonyl (C=O) groups is 3. The molecule has 0 aliphatic carbocycles. The molecule has 1 aliphatic heterocycles. The second-order valence-electron chi connectivity index (χ2n) is 11.0. The van der Waals surface area contributed by atoms with Crippen molar-refractivity contribution in [2.45, 2.75) is 52.0 Å². The van der Waals surface area contributed by atoms with E-state index in [1.807, 2.05) is 61.5 Å². The molecule has 0 saturated heterocycles. The van der Waals surface area contributed by atoms with E-state index in [4.69, 9.17) is 11.6 Å². The number of carbonyl (C=O) groups excluding carboxylic acids is 2. The molecule has 0 radical (unpaired) electrons. The number of benzene rings is 3. The SMILES string of the molecule is C[C@H]1C[C@H](C(=O)n2ccc3cc(Cl)ccc32)c2ccccc2N1C(=O)c1ccc(CCC(C)(C)C(=O)O)cc1. The molecule has 2 heterocycles. The van der Waals surface area contributed by atoms with Crippen LogP contribution >= 0.6 is 11.6 Å². The van der Waals surface area contributed by atoms with Gasteiger partial charge in [0.1, 0.15) is 0 Å². The van der Waals surface area contributed by atoms with E-state index in [2.05, 4.69) is 0 Å². The average Bonchev–Trinajstić information content (AvgIpc) is 3.34. The van der Waals surface area contributed by atoms with E-state index in [1.54, 1.807) is 47.7 Å². The van der Waals surface area contributed by atoms with Gasteiger partial charge in [-0.05, 0) is 93.6 Å². The third-order valence-corrected chi connectivity index (χ3v) is 8.05. The number of amides is 1. The first-order valence-corrected chi connectivity index (χ1v) is 13.5. The van der Waals surface area contributed by atoms with Gasteiger partial charge in [-0.15, -0.1) is 0 Å². The number of anilines is 1. The first-order chi connectivity index (χ1) is 18.6. The summed E-state index contributed by atoms with van der Waals surface area (Å²) in [5, 5.41) is 10.9. The van der Waals surface area contributed by atoms with Crippen molar-refractivity contribution >= 4 is 46.0 Å². The van der Waals surface area contributed by atoms with Crippen LogP contribution in [0.15, 0.2) is 79.0 Å². The molecule has 1 amide bonds. The van der Waals surface area contributed by atoms with Crippen LogP contribution in [-0.4, -0.2) is 33.5 Å². The van der Waals surface area contributed by atoms with Gasteiger partial charge in [0.05, 0.1) is 16.8 Å². The summed E-state index contributed by atoms with van der Waals surface area (Å²) in [5.41, 5.74) is 3.11. The van der Waals surface area contributed by atoms with Crippen LogP contribution in [0.2, 0.25) is 5.02 Å². The number of nitrogens with zero attached hydrogens (tertiary/aromatic N) is 2. The quantitative estimate of drug-likeness (QED) is 0.279. The Balaban J connectivity index is 1.40. The molecule has 0 spiro atoms. The van der Waals surface area contributed by atoms with Gasteiger partial charge < -0.3 is 10.0 Å². The van der Waals surface area contributed by atoms with Crippen LogP contribution in [0, 0.1) is 5.41 Å². The number of aryl methyl sites for hydroxylation is 1. The molecule has 39 heavy (non-hydrogen) atoms. The molecule has 5 rings (SSSR count). The lowest BCUT2D eigenvalue weighted by Gasteiger charge is -2.39. The van der Waals surface area contributed by atoms with Gasteiger partial charge in [0.15, 0.2) is 0 Å². The fourth-order valence-corrected chi connectivity index (χ4v) is 5.53. The number of fused-ring (bicyclic) bond motifs is 2. The van der Waals surface area contributed by atoms with Crippen LogP contribution in [0.5, 0.6) is 0 Å². The Kier molecular flexibility index (Phi) is 7.08. The maximum Gasteiger partial charge on any atom is 0.309 e. The predicted molar refractivity (Wildman–Crippen MR) is 154 cm³/mol. The zero-order chi connectivity index (χ0) is 27.9. The summed E-state index contributed by atoms with van der Waals surface area (Å²) >= 11 is 6.14. The number of aromatic nitrogens is 1. The van der Waals surface area contributed by atoms with E-state index in [0.717, 1.165) is 27.7 Å². The molecule has 1 aliphatic rings. The summed E-state index contributed by atoms with van der Waals surface area (Å²) in [4.78, 5) is 40.8. The van der Waals surface area contributed by atoms with Gasteiger partial charge in [-0.2, -0.15) is 0 Å². The molecule has 4 aromatic rings. The highest BCUT2D eigenvalue weighted by Gasteiger charge is 2.38. The minimum Gasteiger partial charge on any atom is -0.481 e. The fraction of sp³-hybridized carbons (Fsp3) is 0.281. The highest BCUT2D eigenvalue weighted by atomic mass is 35.5. The van der Waals surface area contributed by atoms with Crippen molar-refractivity contribution in [3.05, 3.63) is 101 Å². The largest absolute Gasteiger partial charge is 0.481 e. The minimum absolute atomic E-state index is 0.0349. The van der Waals surface area contributed by atoms with Crippen molar-refractivity contribution in [2.24, 2.45) is 5.41 Å². The highest BCUT2D eigenvalue weighted by molar-refractivity contribution is 6.31. The molecular weight excluding hydrogens is 512 g/mol. The molecule has 200 valence electrons. The molecule has 2 atom stereocenters. The smallest absolute Gasteiger partial charge is 0.309 e. The van der Waals surface area contributed by atoms with E-state index >= 15 is 0 Å². The first kappa shape index (κ1) is 26.7. The van der Waals surface area contributed by atoms with Crippen LogP contribution in [0.3, 0.4) is 0 Å². The summed E-state index contributed by atoms with van der Waals surface area (Å²) in [6.07, 6.45) is 3.40. The second kappa shape index (κ2) is 10.3. The zero-order valence-electron chi connectivity index (χ0n) is 22.2.